The van der Waals surface area contributed by atoms with Crippen LogP contribution in [0.25, 0.3) is 0 Å². The third kappa shape index (κ3) is 1.47. The summed E-state index contributed by atoms with van der Waals surface area (Å²) in [6, 6.07) is 3.67. The van der Waals surface area contributed by atoms with Gasteiger partial charge in [0.1, 0.15) is 0 Å². The Kier molecular flexibility index (Phi) is 2.30. The van der Waals surface area contributed by atoms with Crippen LogP contribution in [-0.2, 0) is 4.79 Å². The maximum Gasteiger partial charge on any atom is 0.296 e. The van der Waals surface area contributed by atoms with Crippen LogP contribution in [0.5, 0.6) is 0 Å². The van der Waals surface area contributed by atoms with Crippen molar-refractivity contribution < 1.29 is 9.59 Å². The summed E-state index contributed by atoms with van der Waals surface area (Å²) in [5.74, 6) is -0.967. The van der Waals surface area contributed by atoms with E-state index < -0.39 is 11.7 Å². The molecule has 1 aliphatic heterocycles. The lowest BCUT2D eigenvalue weighted by molar-refractivity contribution is -0.112. The maximum atomic E-state index is 11.3. The van der Waals surface area contributed by atoms with Crippen LogP contribution in [0.3, 0.4) is 0 Å². The second-order valence-electron chi connectivity index (χ2n) is 2.59. The van der Waals surface area contributed by atoms with Crippen LogP contribution in [0.15, 0.2) is 12.1 Å². The number of amides is 1. The summed E-state index contributed by atoms with van der Waals surface area (Å²) in [6.45, 7) is 0. The molecule has 66 valence electrons. The van der Waals surface area contributed by atoms with Crippen molar-refractivity contribution in [2.75, 3.05) is 5.32 Å². The van der Waals surface area contributed by atoms with Gasteiger partial charge in [-0.25, -0.2) is 0 Å². The summed E-state index contributed by atoms with van der Waals surface area (Å²) in [7, 11) is 0. The van der Waals surface area contributed by atoms with Gasteiger partial charge in [-0.1, -0.05) is 0 Å². The molecule has 1 N–H and O–H groups in total. The standard InChI is InChI=1S/C8H3I2NO2/c9-3-1-4(10)6-5(2-3)11-8(13)7(6)12/h1-2H,(H,11,12,13). The first-order valence-corrected chi connectivity index (χ1v) is 5.60. The van der Waals surface area contributed by atoms with Gasteiger partial charge in [-0.15, -0.1) is 0 Å². The Morgan fingerprint density at radius 1 is 1.15 bits per heavy atom. The van der Waals surface area contributed by atoms with Crippen molar-refractivity contribution in [1.29, 1.82) is 0 Å². The average Bonchev–Trinajstić information content (AvgIpc) is 2.27. The molecule has 0 aromatic heterocycles. The zero-order valence-electron chi connectivity index (χ0n) is 6.23. The number of carbonyl (C=O) groups excluding carboxylic acids is 2. The highest BCUT2D eigenvalue weighted by atomic mass is 127. The number of carbonyl (C=O) groups is 2. The Balaban J connectivity index is 2.71. The van der Waals surface area contributed by atoms with Crippen molar-refractivity contribution in [1.82, 2.24) is 0 Å². The van der Waals surface area contributed by atoms with E-state index in [0.717, 1.165) is 7.14 Å². The molecule has 2 rings (SSSR count). The highest BCUT2D eigenvalue weighted by Crippen LogP contribution is 2.29. The van der Waals surface area contributed by atoms with E-state index in [0.29, 0.717) is 11.3 Å². The van der Waals surface area contributed by atoms with E-state index in [9.17, 15) is 9.59 Å². The molecule has 1 heterocycles. The van der Waals surface area contributed by atoms with Gasteiger partial charge in [-0.05, 0) is 57.3 Å². The lowest BCUT2D eigenvalue weighted by Gasteiger charge is -1.99. The molecule has 1 aromatic carbocycles. The monoisotopic (exact) mass is 399 g/mol. The first kappa shape index (κ1) is 9.38. The fourth-order valence-corrected chi connectivity index (χ4v) is 3.29. The molecule has 3 nitrogen and oxygen atoms in total. The molecule has 1 aromatic rings. The molecule has 1 aliphatic rings. The summed E-state index contributed by atoms with van der Waals surface area (Å²) in [5.41, 5.74) is 1.14. The van der Waals surface area contributed by atoms with E-state index >= 15 is 0 Å². The topological polar surface area (TPSA) is 46.2 Å². The summed E-state index contributed by atoms with van der Waals surface area (Å²) >= 11 is 4.20. The predicted octanol–water partition coefficient (Wildman–Crippen LogP) is 2.03. The minimum Gasteiger partial charge on any atom is -0.318 e. The third-order valence-electron chi connectivity index (χ3n) is 1.74. The van der Waals surface area contributed by atoms with E-state index in [1.54, 1.807) is 6.07 Å². The van der Waals surface area contributed by atoms with Crippen LogP contribution >= 0.6 is 45.2 Å². The summed E-state index contributed by atoms with van der Waals surface area (Å²) in [6.07, 6.45) is 0. The molecule has 0 radical (unpaired) electrons. The fourth-order valence-electron chi connectivity index (χ4n) is 1.20. The highest BCUT2D eigenvalue weighted by Gasteiger charge is 2.30. The van der Waals surface area contributed by atoms with E-state index in [-0.39, 0.29) is 0 Å². The minimum atomic E-state index is -0.532. The molecule has 13 heavy (non-hydrogen) atoms. The molecule has 0 bridgehead atoms. The molecule has 0 saturated carbocycles. The van der Waals surface area contributed by atoms with Gasteiger partial charge in [-0.3, -0.25) is 9.59 Å². The van der Waals surface area contributed by atoms with Crippen LogP contribution < -0.4 is 5.32 Å². The number of rotatable bonds is 0. The SMILES string of the molecule is O=C1Nc2cc(I)cc(I)c2C1=O. The smallest absolute Gasteiger partial charge is 0.296 e. The first-order valence-electron chi connectivity index (χ1n) is 3.44. The second kappa shape index (κ2) is 3.19. The van der Waals surface area contributed by atoms with Crippen molar-refractivity contribution >= 4 is 62.6 Å². The first-order chi connectivity index (χ1) is 6.09. The zero-order valence-corrected chi connectivity index (χ0v) is 10.5. The Morgan fingerprint density at radius 2 is 1.85 bits per heavy atom. The zero-order chi connectivity index (χ0) is 9.59. The molecule has 0 unspecified atom stereocenters. The lowest BCUT2D eigenvalue weighted by Crippen LogP contribution is -2.12. The van der Waals surface area contributed by atoms with Crippen LogP contribution in [0.2, 0.25) is 0 Å². The van der Waals surface area contributed by atoms with E-state index in [1.807, 2.05) is 6.07 Å². The van der Waals surface area contributed by atoms with Gasteiger partial charge in [0.15, 0.2) is 0 Å². The van der Waals surface area contributed by atoms with Crippen molar-refractivity contribution in [3.8, 4) is 0 Å². The number of halogens is 2. The van der Waals surface area contributed by atoms with Gasteiger partial charge in [0, 0.05) is 7.14 Å². The summed E-state index contributed by atoms with van der Waals surface area (Å²) in [4.78, 5) is 22.3. The third-order valence-corrected chi connectivity index (χ3v) is 3.21. The molecule has 0 saturated heterocycles. The fraction of sp³-hybridized carbons (Fsp3) is 0. The molecule has 1 amide bonds. The summed E-state index contributed by atoms with van der Waals surface area (Å²) in [5, 5.41) is 2.53. The Bertz CT molecular complexity index is 428. The van der Waals surface area contributed by atoms with Gasteiger partial charge in [-0.2, -0.15) is 0 Å². The molecule has 5 heteroatoms. The molecular weight excluding hydrogens is 396 g/mol. The number of hydrogen-bond acceptors (Lipinski definition) is 2. The lowest BCUT2D eigenvalue weighted by atomic mass is 10.1. The number of benzene rings is 1. The Hall–Kier alpha value is -0.180. The van der Waals surface area contributed by atoms with Gasteiger partial charge in [0.05, 0.1) is 11.3 Å². The van der Waals surface area contributed by atoms with Gasteiger partial charge in [0.2, 0.25) is 0 Å². The number of Topliss-reactive ketones (excluding diaryl/α,β-unsaturated/α-hetero) is 1. The molecule has 0 spiro atoms. The number of hydrogen-bond donors (Lipinski definition) is 1. The largest absolute Gasteiger partial charge is 0.318 e. The van der Waals surface area contributed by atoms with Crippen LogP contribution in [0.1, 0.15) is 10.4 Å². The molecule has 0 fully saturated rings. The quantitative estimate of drug-likeness (QED) is 0.537. The minimum absolute atomic E-state index is 0.434. The average molecular weight is 399 g/mol. The molecule has 0 aliphatic carbocycles. The van der Waals surface area contributed by atoms with Crippen molar-refractivity contribution in [2.45, 2.75) is 0 Å². The normalized spacial score (nSPS) is 14.3. The van der Waals surface area contributed by atoms with E-state index in [1.165, 1.54) is 0 Å². The number of anilines is 1. The van der Waals surface area contributed by atoms with Crippen molar-refractivity contribution in [3.63, 3.8) is 0 Å². The Morgan fingerprint density at radius 3 is 2.54 bits per heavy atom. The number of fused-ring (bicyclic) bond motifs is 1. The van der Waals surface area contributed by atoms with Gasteiger partial charge < -0.3 is 5.32 Å². The van der Waals surface area contributed by atoms with Crippen LogP contribution in [-0.4, -0.2) is 11.7 Å². The van der Waals surface area contributed by atoms with Crippen LogP contribution in [0, 0.1) is 7.14 Å². The summed E-state index contributed by atoms with van der Waals surface area (Å²) < 4.78 is 1.83. The predicted molar refractivity (Wildman–Crippen MR) is 64.8 cm³/mol. The van der Waals surface area contributed by atoms with Crippen molar-refractivity contribution in [3.05, 3.63) is 24.8 Å². The molecule has 0 atom stereocenters. The Labute approximate surface area is 102 Å². The van der Waals surface area contributed by atoms with Gasteiger partial charge in [0.25, 0.3) is 11.7 Å². The number of ketones is 1. The number of nitrogens with one attached hydrogen (secondary N) is 1. The highest BCUT2D eigenvalue weighted by molar-refractivity contribution is 14.1. The molecular formula is C8H3I2NO2. The van der Waals surface area contributed by atoms with E-state index in [4.69, 9.17) is 0 Å². The second-order valence-corrected chi connectivity index (χ2v) is 5.00. The van der Waals surface area contributed by atoms with Crippen LogP contribution in [0.4, 0.5) is 5.69 Å². The van der Waals surface area contributed by atoms with E-state index in [2.05, 4.69) is 50.5 Å². The maximum absolute atomic E-state index is 11.3. The van der Waals surface area contributed by atoms with Crippen molar-refractivity contribution in [2.24, 2.45) is 0 Å². The van der Waals surface area contributed by atoms with Gasteiger partial charge >= 0.3 is 0 Å².